The van der Waals surface area contributed by atoms with Crippen LogP contribution >= 0.6 is 0 Å². The third kappa shape index (κ3) is 6.12. The lowest BCUT2D eigenvalue weighted by molar-refractivity contribution is -0.121. The van der Waals surface area contributed by atoms with Crippen LogP contribution in [-0.2, 0) is 17.9 Å². The van der Waals surface area contributed by atoms with Gasteiger partial charge in [0.2, 0.25) is 5.91 Å². The summed E-state index contributed by atoms with van der Waals surface area (Å²) in [6, 6.07) is 13.3. The SMILES string of the molecule is CN(C)Cc1ccccc1CNC(=O)CCC(=O)c1ccc(F)cc1. The fourth-order valence-electron chi connectivity index (χ4n) is 2.51. The largest absolute Gasteiger partial charge is 0.352 e. The van der Waals surface area contributed by atoms with Crippen molar-refractivity contribution in [2.24, 2.45) is 0 Å². The van der Waals surface area contributed by atoms with Gasteiger partial charge in [0.15, 0.2) is 5.78 Å². The molecule has 0 bridgehead atoms. The molecule has 1 amide bonds. The highest BCUT2D eigenvalue weighted by Crippen LogP contribution is 2.11. The summed E-state index contributed by atoms with van der Waals surface area (Å²) in [4.78, 5) is 26.1. The van der Waals surface area contributed by atoms with Gasteiger partial charge in [-0.1, -0.05) is 24.3 Å². The number of carbonyl (C=O) groups excluding carboxylic acids is 2. The lowest BCUT2D eigenvalue weighted by atomic mass is 10.1. The van der Waals surface area contributed by atoms with E-state index in [1.165, 1.54) is 24.3 Å². The van der Waals surface area contributed by atoms with Crippen LogP contribution in [0.2, 0.25) is 0 Å². The number of ketones is 1. The molecule has 2 aromatic carbocycles. The van der Waals surface area contributed by atoms with Gasteiger partial charge in [0.05, 0.1) is 0 Å². The first kappa shape index (κ1) is 18.8. The summed E-state index contributed by atoms with van der Waals surface area (Å²) >= 11 is 0. The maximum Gasteiger partial charge on any atom is 0.220 e. The third-order valence-electron chi connectivity index (χ3n) is 3.83. The average Bonchev–Trinajstić information content (AvgIpc) is 2.59. The van der Waals surface area contributed by atoms with E-state index in [4.69, 9.17) is 0 Å². The Bertz CT molecular complexity index is 727. The van der Waals surface area contributed by atoms with Crippen molar-refractivity contribution in [2.75, 3.05) is 14.1 Å². The Hall–Kier alpha value is -2.53. The molecule has 132 valence electrons. The molecular formula is C20H23FN2O2. The van der Waals surface area contributed by atoms with Gasteiger partial charge in [0.25, 0.3) is 0 Å². The van der Waals surface area contributed by atoms with E-state index in [-0.39, 0.29) is 30.3 Å². The lowest BCUT2D eigenvalue weighted by Gasteiger charge is -2.14. The molecule has 0 aliphatic rings. The minimum absolute atomic E-state index is 0.108. The number of halogens is 1. The van der Waals surface area contributed by atoms with Gasteiger partial charge in [0, 0.05) is 31.5 Å². The Balaban J connectivity index is 1.83. The first-order chi connectivity index (χ1) is 12.0. The second kappa shape index (κ2) is 9.08. The quantitative estimate of drug-likeness (QED) is 0.750. The highest BCUT2D eigenvalue weighted by molar-refractivity contribution is 5.97. The van der Waals surface area contributed by atoms with Crippen LogP contribution in [0.15, 0.2) is 48.5 Å². The zero-order chi connectivity index (χ0) is 18.2. The summed E-state index contributed by atoms with van der Waals surface area (Å²) in [7, 11) is 3.99. The summed E-state index contributed by atoms with van der Waals surface area (Å²) in [6.07, 6.45) is 0.225. The van der Waals surface area contributed by atoms with E-state index in [2.05, 4.69) is 10.2 Å². The Morgan fingerprint density at radius 1 is 0.960 bits per heavy atom. The minimum atomic E-state index is -0.384. The smallest absolute Gasteiger partial charge is 0.220 e. The van der Waals surface area contributed by atoms with Crippen molar-refractivity contribution in [1.29, 1.82) is 0 Å². The molecule has 2 rings (SSSR count). The van der Waals surface area contributed by atoms with Crippen molar-refractivity contribution in [3.8, 4) is 0 Å². The molecule has 0 fully saturated rings. The van der Waals surface area contributed by atoms with Gasteiger partial charge in [-0.25, -0.2) is 4.39 Å². The fourth-order valence-corrected chi connectivity index (χ4v) is 2.51. The molecule has 0 atom stereocenters. The molecule has 0 saturated heterocycles. The number of hydrogen-bond acceptors (Lipinski definition) is 3. The normalized spacial score (nSPS) is 10.7. The number of rotatable bonds is 8. The zero-order valence-corrected chi connectivity index (χ0v) is 14.6. The van der Waals surface area contributed by atoms with Crippen LogP contribution in [-0.4, -0.2) is 30.7 Å². The first-order valence-electron chi connectivity index (χ1n) is 8.22. The number of amides is 1. The second-order valence-electron chi connectivity index (χ2n) is 6.21. The molecule has 0 aliphatic carbocycles. The molecule has 0 radical (unpaired) electrons. The Kier molecular flexibility index (Phi) is 6.83. The monoisotopic (exact) mass is 342 g/mol. The van der Waals surface area contributed by atoms with Crippen molar-refractivity contribution < 1.29 is 14.0 Å². The number of nitrogens with zero attached hydrogens (tertiary/aromatic N) is 1. The number of carbonyl (C=O) groups is 2. The van der Waals surface area contributed by atoms with Gasteiger partial charge in [-0.15, -0.1) is 0 Å². The van der Waals surface area contributed by atoms with Gasteiger partial charge >= 0.3 is 0 Å². The molecule has 5 heteroatoms. The van der Waals surface area contributed by atoms with E-state index in [9.17, 15) is 14.0 Å². The predicted molar refractivity (Wildman–Crippen MR) is 95.6 cm³/mol. The average molecular weight is 342 g/mol. The summed E-state index contributed by atoms with van der Waals surface area (Å²) in [5.41, 5.74) is 2.65. The number of nitrogens with one attached hydrogen (secondary N) is 1. The van der Waals surface area contributed by atoms with E-state index in [1.807, 2.05) is 38.4 Å². The van der Waals surface area contributed by atoms with Crippen molar-refractivity contribution in [2.45, 2.75) is 25.9 Å². The topological polar surface area (TPSA) is 49.4 Å². The van der Waals surface area contributed by atoms with Crippen molar-refractivity contribution >= 4 is 11.7 Å². The van der Waals surface area contributed by atoms with E-state index >= 15 is 0 Å². The van der Waals surface area contributed by atoms with E-state index < -0.39 is 0 Å². The van der Waals surface area contributed by atoms with E-state index in [1.54, 1.807) is 0 Å². The lowest BCUT2D eigenvalue weighted by Crippen LogP contribution is -2.24. The van der Waals surface area contributed by atoms with Crippen LogP contribution < -0.4 is 5.32 Å². The zero-order valence-electron chi connectivity index (χ0n) is 14.6. The molecule has 0 saturated carbocycles. The van der Waals surface area contributed by atoms with E-state index in [0.29, 0.717) is 12.1 Å². The molecule has 0 aromatic heterocycles. The maximum atomic E-state index is 12.9. The van der Waals surface area contributed by atoms with E-state index in [0.717, 1.165) is 17.7 Å². The molecule has 0 spiro atoms. The van der Waals surface area contributed by atoms with Crippen LogP contribution in [0.4, 0.5) is 4.39 Å². The fraction of sp³-hybridized carbons (Fsp3) is 0.300. The summed E-state index contributed by atoms with van der Waals surface area (Å²) in [5, 5.41) is 2.86. The van der Waals surface area contributed by atoms with Crippen molar-refractivity contribution in [3.63, 3.8) is 0 Å². The van der Waals surface area contributed by atoms with Crippen LogP contribution in [0.3, 0.4) is 0 Å². The Labute approximate surface area is 147 Å². The number of Topliss-reactive ketones (excluding diaryl/α,β-unsaturated/α-hetero) is 1. The van der Waals surface area contributed by atoms with Crippen molar-refractivity contribution in [3.05, 3.63) is 71.0 Å². The van der Waals surface area contributed by atoms with Gasteiger partial charge in [-0.05, 0) is 49.5 Å². The first-order valence-corrected chi connectivity index (χ1v) is 8.22. The molecule has 4 nitrogen and oxygen atoms in total. The molecule has 2 aromatic rings. The molecule has 0 aliphatic heterocycles. The van der Waals surface area contributed by atoms with Crippen LogP contribution in [0, 0.1) is 5.82 Å². The Morgan fingerprint density at radius 2 is 1.60 bits per heavy atom. The summed E-state index contributed by atoms with van der Waals surface area (Å²) in [5.74, 6) is -0.719. The predicted octanol–water partition coefficient (Wildman–Crippen LogP) is 3.17. The molecular weight excluding hydrogens is 319 g/mol. The third-order valence-corrected chi connectivity index (χ3v) is 3.83. The van der Waals surface area contributed by atoms with Crippen LogP contribution in [0.1, 0.15) is 34.3 Å². The highest BCUT2D eigenvalue weighted by atomic mass is 19.1. The molecule has 0 heterocycles. The Morgan fingerprint density at radius 3 is 2.24 bits per heavy atom. The molecule has 0 unspecified atom stereocenters. The number of benzene rings is 2. The second-order valence-corrected chi connectivity index (χ2v) is 6.21. The van der Waals surface area contributed by atoms with Gasteiger partial charge < -0.3 is 10.2 Å². The van der Waals surface area contributed by atoms with Gasteiger partial charge in [-0.3, -0.25) is 9.59 Å². The van der Waals surface area contributed by atoms with Gasteiger partial charge in [-0.2, -0.15) is 0 Å². The molecule has 25 heavy (non-hydrogen) atoms. The van der Waals surface area contributed by atoms with Gasteiger partial charge in [0.1, 0.15) is 5.82 Å². The van der Waals surface area contributed by atoms with Crippen LogP contribution in [0.25, 0.3) is 0 Å². The maximum absolute atomic E-state index is 12.9. The van der Waals surface area contributed by atoms with Crippen LogP contribution in [0.5, 0.6) is 0 Å². The number of hydrogen-bond donors (Lipinski definition) is 1. The minimum Gasteiger partial charge on any atom is -0.352 e. The molecule has 1 N–H and O–H groups in total. The highest BCUT2D eigenvalue weighted by Gasteiger charge is 2.10. The summed E-state index contributed by atoms with van der Waals surface area (Å²) in [6.45, 7) is 1.24. The standard InChI is InChI=1S/C20H23FN2O2/c1-23(2)14-17-6-4-3-5-16(17)13-22-20(25)12-11-19(24)15-7-9-18(21)10-8-15/h3-10H,11-14H2,1-2H3,(H,22,25). The summed E-state index contributed by atoms with van der Waals surface area (Å²) < 4.78 is 12.9. The van der Waals surface area contributed by atoms with Crippen molar-refractivity contribution in [1.82, 2.24) is 10.2 Å².